The Hall–Kier alpha value is -3.12. The fourth-order valence-corrected chi connectivity index (χ4v) is 3.69. The number of piperazine rings is 1. The minimum absolute atomic E-state index is 0.206. The SMILES string of the molecule is Cn1ncc(NC(=O)c2coc(N3CCOCC3)n2)c1N1CCN(CC(N)=O)CC1. The second kappa shape index (κ2) is 8.71. The minimum Gasteiger partial charge on any atom is -0.431 e. The van der Waals surface area contributed by atoms with E-state index in [-0.39, 0.29) is 24.1 Å². The number of oxazole rings is 1. The van der Waals surface area contributed by atoms with E-state index in [9.17, 15) is 9.59 Å². The van der Waals surface area contributed by atoms with Crippen LogP contribution in [0.15, 0.2) is 16.9 Å². The topological polar surface area (TPSA) is 135 Å². The van der Waals surface area contributed by atoms with Gasteiger partial charge in [-0.05, 0) is 0 Å². The van der Waals surface area contributed by atoms with E-state index in [2.05, 4.69) is 20.3 Å². The number of hydrogen-bond acceptors (Lipinski definition) is 9. The lowest BCUT2D eigenvalue weighted by Gasteiger charge is -2.35. The van der Waals surface area contributed by atoms with Crippen molar-refractivity contribution in [1.82, 2.24) is 19.7 Å². The summed E-state index contributed by atoms with van der Waals surface area (Å²) in [7, 11) is 1.83. The fraction of sp³-hybridized carbons (Fsp3) is 0.556. The summed E-state index contributed by atoms with van der Waals surface area (Å²) >= 11 is 0. The smallest absolute Gasteiger partial charge is 0.298 e. The van der Waals surface area contributed by atoms with Crippen LogP contribution in [0, 0.1) is 0 Å². The fourth-order valence-electron chi connectivity index (χ4n) is 3.69. The van der Waals surface area contributed by atoms with E-state index in [1.807, 2.05) is 16.8 Å². The number of primary amides is 1. The molecule has 2 saturated heterocycles. The second-order valence-corrected chi connectivity index (χ2v) is 7.30. The van der Waals surface area contributed by atoms with Gasteiger partial charge in [-0.1, -0.05) is 0 Å². The summed E-state index contributed by atoms with van der Waals surface area (Å²) in [5, 5.41) is 7.18. The highest BCUT2D eigenvalue weighted by molar-refractivity contribution is 6.04. The first-order valence-corrected chi connectivity index (χ1v) is 9.88. The average Bonchev–Trinajstić information content (AvgIpc) is 3.37. The molecular formula is C18H26N8O4. The maximum absolute atomic E-state index is 12.7. The Morgan fingerprint density at radius 1 is 1.13 bits per heavy atom. The predicted molar refractivity (Wildman–Crippen MR) is 109 cm³/mol. The summed E-state index contributed by atoms with van der Waals surface area (Å²) in [6, 6.07) is 0.417. The first kappa shape index (κ1) is 20.2. The van der Waals surface area contributed by atoms with E-state index in [0.717, 1.165) is 5.82 Å². The Balaban J connectivity index is 1.41. The molecule has 2 aliphatic rings. The van der Waals surface area contributed by atoms with Crippen LogP contribution in [0.1, 0.15) is 10.5 Å². The third-order valence-electron chi connectivity index (χ3n) is 5.21. The first-order valence-electron chi connectivity index (χ1n) is 9.88. The molecule has 4 rings (SSSR count). The molecule has 2 fully saturated rings. The lowest BCUT2D eigenvalue weighted by atomic mass is 10.3. The number of nitrogens with zero attached hydrogens (tertiary/aromatic N) is 6. The molecule has 0 saturated carbocycles. The Labute approximate surface area is 173 Å². The van der Waals surface area contributed by atoms with Crippen LogP contribution in [0.5, 0.6) is 0 Å². The molecule has 0 atom stereocenters. The number of anilines is 3. The van der Waals surface area contributed by atoms with Crippen molar-refractivity contribution in [1.29, 1.82) is 0 Å². The van der Waals surface area contributed by atoms with Crippen LogP contribution < -0.4 is 20.9 Å². The minimum atomic E-state index is -0.361. The quantitative estimate of drug-likeness (QED) is 0.612. The molecule has 4 heterocycles. The van der Waals surface area contributed by atoms with Crippen molar-refractivity contribution in [2.75, 3.05) is 74.1 Å². The van der Waals surface area contributed by atoms with Gasteiger partial charge >= 0.3 is 0 Å². The van der Waals surface area contributed by atoms with Gasteiger partial charge < -0.3 is 30.0 Å². The maximum atomic E-state index is 12.7. The third kappa shape index (κ3) is 4.39. The van der Waals surface area contributed by atoms with Crippen LogP contribution in [0.4, 0.5) is 17.5 Å². The number of hydrogen-bond donors (Lipinski definition) is 2. The van der Waals surface area contributed by atoms with Crippen LogP contribution in [0.2, 0.25) is 0 Å². The average molecular weight is 418 g/mol. The number of morpholine rings is 1. The molecule has 2 aromatic rings. The molecule has 162 valence electrons. The number of aromatic nitrogens is 3. The van der Waals surface area contributed by atoms with Crippen molar-refractivity contribution in [2.45, 2.75) is 0 Å². The summed E-state index contributed by atoms with van der Waals surface area (Å²) < 4.78 is 12.5. The highest BCUT2D eigenvalue weighted by atomic mass is 16.5. The van der Waals surface area contributed by atoms with Gasteiger partial charge in [-0.15, -0.1) is 0 Å². The number of ether oxygens (including phenoxy) is 1. The number of carbonyl (C=O) groups is 2. The van der Waals surface area contributed by atoms with Gasteiger partial charge in [0.1, 0.15) is 12.0 Å². The summed E-state index contributed by atoms with van der Waals surface area (Å²) in [6.45, 7) is 5.61. The molecule has 2 amide bonds. The van der Waals surface area contributed by atoms with Gasteiger partial charge in [-0.3, -0.25) is 19.2 Å². The first-order chi connectivity index (χ1) is 14.5. The van der Waals surface area contributed by atoms with E-state index in [1.54, 1.807) is 10.9 Å². The molecule has 0 bridgehead atoms. The van der Waals surface area contributed by atoms with Crippen molar-refractivity contribution in [2.24, 2.45) is 12.8 Å². The highest BCUT2D eigenvalue weighted by Gasteiger charge is 2.25. The lowest BCUT2D eigenvalue weighted by molar-refractivity contribution is -0.119. The van der Waals surface area contributed by atoms with Gasteiger partial charge in [-0.2, -0.15) is 10.1 Å². The number of rotatable bonds is 6. The molecule has 12 nitrogen and oxygen atoms in total. The molecule has 30 heavy (non-hydrogen) atoms. The van der Waals surface area contributed by atoms with Crippen molar-refractivity contribution >= 4 is 29.3 Å². The third-order valence-corrected chi connectivity index (χ3v) is 5.21. The van der Waals surface area contributed by atoms with E-state index < -0.39 is 0 Å². The van der Waals surface area contributed by atoms with Crippen LogP contribution >= 0.6 is 0 Å². The molecule has 12 heteroatoms. The van der Waals surface area contributed by atoms with Gasteiger partial charge in [0.25, 0.3) is 11.9 Å². The van der Waals surface area contributed by atoms with Crippen molar-refractivity contribution in [3.63, 3.8) is 0 Å². The van der Waals surface area contributed by atoms with Gasteiger partial charge in [0.05, 0.1) is 26.0 Å². The van der Waals surface area contributed by atoms with Crippen molar-refractivity contribution in [3.05, 3.63) is 18.2 Å². The van der Waals surface area contributed by atoms with Crippen molar-refractivity contribution < 1.29 is 18.7 Å². The molecular weight excluding hydrogens is 392 g/mol. The van der Waals surface area contributed by atoms with E-state index in [1.165, 1.54) is 6.26 Å². The monoisotopic (exact) mass is 418 g/mol. The normalized spacial score (nSPS) is 17.9. The zero-order chi connectivity index (χ0) is 21.1. The largest absolute Gasteiger partial charge is 0.431 e. The predicted octanol–water partition coefficient (Wildman–Crippen LogP) is -0.896. The molecule has 0 spiro atoms. The van der Waals surface area contributed by atoms with Gasteiger partial charge in [0.15, 0.2) is 11.5 Å². The number of aryl methyl sites for hydroxylation is 1. The lowest BCUT2D eigenvalue weighted by Crippen LogP contribution is -2.49. The van der Waals surface area contributed by atoms with Crippen molar-refractivity contribution in [3.8, 4) is 0 Å². The van der Waals surface area contributed by atoms with Crippen LogP contribution in [0.3, 0.4) is 0 Å². The summed E-state index contributed by atoms with van der Waals surface area (Å²) in [5.41, 5.74) is 6.09. The van der Waals surface area contributed by atoms with Crippen LogP contribution in [-0.2, 0) is 16.6 Å². The second-order valence-electron chi connectivity index (χ2n) is 7.30. The Bertz CT molecular complexity index is 896. The number of nitrogens with two attached hydrogens (primary N) is 1. The molecule has 0 aromatic carbocycles. The Kier molecular flexibility index (Phi) is 5.86. The van der Waals surface area contributed by atoms with Crippen LogP contribution in [0.25, 0.3) is 0 Å². The van der Waals surface area contributed by atoms with E-state index in [4.69, 9.17) is 14.9 Å². The molecule has 3 N–H and O–H groups in total. The standard InChI is InChI=1S/C18H26N8O4/c1-23-17(25-4-2-24(3-5-25)11-15(19)27)13(10-20-23)21-16(28)14-12-30-18(22-14)26-6-8-29-9-7-26/h10,12H,2-9,11H2,1H3,(H2,19,27)(H,21,28). The molecule has 2 aromatic heterocycles. The summed E-state index contributed by atoms with van der Waals surface area (Å²) in [5.74, 6) is 0.111. The van der Waals surface area contributed by atoms with Gasteiger partial charge in [-0.25, -0.2) is 0 Å². The van der Waals surface area contributed by atoms with Gasteiger partial charge in [0, 0.05) is 46.3 Å². The molecule has 0 aliphatic carbocycles. The van der Waals surface area contributed by atoms with Crippen LogP contribution in [-0.4, -0.2) is 90.5 Å². The number of nitrogens with one attached hydrogen (secondary N) is 1. The molecule has 0 unspecified atom stereocenters. The zero-order valence-corrected chi connectivity index (χ0v) is 16.9. The summed E-state index contributed by atoms with van der Waals surface area (Å²) in [4.78, 5) is 34.3. The number of amides is 2. The van der Waals surface area contributed by atoms with E-state index >= 15 is 0 Å². The Morgan fingerprint density at radius 3 is 2.57 bits per heavy atom. The maximum Gasteiger partial charge on any atom is 0.298 e. The van der Waals surface area contributed by atoms with Gasteiger partial charge in [0.2, 0.25) is 5.91 Å². The zero-order valence-electron chi connectivity index (χ0n) is 16.9. The van der Waals surface area contributed by atoms with E-state index in [0.29, 0.717) is 64.2 Å². The summed E-state index contributed by atoms with van der Waals surface area (Å²) in [6.07, 6.45) is 2.98. The molecule has 2 aliphatic heterocycles. The Morgan fingerprint density at radius 2 is 1.87 bits per heavy atom. The number of carbonyl (C=O) groups excluding carboxylic acids is 2. The molecule has 0 radical (unpaired) electrons. The highest BCUT2D eigenvalue weighted by Crippen LogP contribution is 2.27.